The van der Waals surface area contributed by atoms with Crippen molar-refractivity contribution in [1.82, 2.24) is 3.71 Å². The van der Waals surface area contributed by atoms with E-state index < -0.39 is 46.8 Å². The van der Waals surface area contributed by atoms with Crippen LogP contribution in [-0.4, -0.2) is 43.6 Å². The Balaban J connectivity index is 6.59. The lowest BCUT2D eigenvalue weighted by Crippen LogP contribution is -2.55. The summed E-state index contributed by atoms with van der Waals surface area (Å²) in [5.41, 5.74) is -13.7. The number of nitrogens with one attached hydrogen (secondary N) is 1. The monoisotopic (exact) mass is 376 g/mol. The molecule has 0 heterocycles. The normalized spacial score (nSPS) is 14.9. The molecule has 0 aliphatic heterocycles. The van der Waals surface area contributed by atoms with Crippen molar-refractivity contribution in [3.05, 3.63) is 0 Å². The van der Waals surface area contributed by atoms with Crippen LogP contribution in [0, 0.1) is 5.41 Å². The summed E-state index contributed by atoms with van der Waals surface area (Å²) >= 11 is 0. The van der Waals surface area contributed by atoms with Gasteiger partial charge in [0.05, 0.1) is 0 Å². The van der Waals surface area contributed by atoms with Gasteiger partial charge in [-0.2, -0.15) is 56.3 Å². The van der Waals surface area contributed by atoms with Crippen LogP contribution in [-0.2, 0) is 20.0 Å². The molecule has 0 aromatic rings. The van der Waals surface area contributed by atoms with Crippen molar-refractivity contribution >= 4 is 25.9 Å². The zero-order valence-corrected chi connectivity index (χ0v) is 10.4. The lowest BCUT2D eigenvalue weighted by atomic mass is 10.6. The van der Waals surface area contributed by atoms with Crippen LogP contribution >= 0.6 is 0 Å². The van der Waals surface area contributed by atoms with Crippen molar-refractivity contribution < 1.29 is 56.3 Å². The Morgan fingerprint density at radius 1 is 0.714 bits per heavy atom. The minimum absolute atomic E-state index is 3.06. The largest absolute Gasteiger partial charge is 0.517 e. The first kappa shape index (κ1) is 19.7. The fourth-order valence-corrected chi connectivity index (χ4v) is 3.27. The Bertz CT molecular complexity index is 580. The number of hydrogen-bond acceptors (Lipinski definition) is 5. The van der Waals surface area contributed by atoms with E-state index >= 15 is 0 Å². The highest BCUT2D eigenvalue weighted by molar-refractivity contribution is 8.05. The van der Waals surface area contributed by atoms with Crippen molar-refractivity contribution in [3.8, 4) is 0 Å². The van der Waals surface area contributed by atoms with E-state index in [4.69, 9.17) is 5.41 Å². The second-order valence-corrected chi connectivity index (χ2v) is 6.73. The molecule has 126 valence electrons. The van der Waals surface area contributed by atoms with Gasteiger partial charge in [0.1, 0.15) is 0 Å². The molecule has 0 aromatic heterocycles. The van der Waals surface area contributed by atoms with E-state index in [0.717, 1.165) is 0 Å². The number of sulfonamides is 2. The molecule has 0 aromatic carbocycles. The second-order valence-electron chi connectivity index (χ2n) is 2.95. The van der Waals surface area contributed by atoms with Crippen LogP contribution in [0.15, 0.2) is 0 Å². The molecule has 0 amide bonds. The third-order valence-electron chi connectivity index (χ3n) is 1.47. The summed E-state index contributed by atoms with van der Waals surface area (Å²) in [7, 11) is -15.4. The second kappa shape index (κ2) is 4.89. The molecule has 1 N–H and O–H groups in total. The molecule has 0 saturated heterocycles. The van der Waals surface area contributed by atoms with Gasteiger partial charge < -0.3 is 0 Å². The summed E-state index contributed by atoms with van der Waals surface area (Å²) in [6.07, 6.45) is -6.42. The van der Waals surface area contributed by atoms with Gasteiger partial charge in [-0.3, -0.25) is 5.41 Å². The third kappa shape index (κ3) is 3.50. The minimum Gasteiger partial charge on any atom is -0.279 e. The SMILES string of the molecule is N=C(N(S(=O)(=O)C(F)(F)F)S(=O)(=O)C(F)(F)F)C(F)(F)F. The first-order chi connectivity index (χ1) is 8.78. The van der Waals surface area contributed by atoms with E-state index in [-0.39, 0.29) is 0 Å². The van der Waals surface area contributed by atoms with Gasteiger partial charge in [0.25, 0.3) is 0 Å². The Labute approximate surface area is 109 Å². The topological polar surface area (TPSA) is 95.4 Å². The van der Waals surface area contributed by atoms with Crippen molar-refractivity contribution in [1.29, 1.82) is 5.41 Å². The van der Waals surface area contributed by atoms with Gasteiger partial charge in [-0.15, -0.1) is 3.71 Å². The predicted octanol–water partition coefficient (Wildman–Crippen LogP) is 1.53. The smallest absolute Gasteiger partial charge is 0.279 e. The highest BCUT2D eigenvalue weighted by Crippen LogP contribution is 2.37. The van der Waals surface area contributed by atoms with Crippen molar-refractivity contribution in [3.63, 3.8) is 0 Å². The molecule has 6 nitrogen and oxygen atoms in total. The van der Waals surface area contributed by atoms with Crippen LogP contribution in [0.4, 0.5) is 39.5 Å². The van der Waals surface area contributed by atoms with Gasteiger partial charge in [-0.1, -0.05) is 0 Å². The summed E-state index contributed by atoms with van der Waals surface area (Å²) in [6, 6.07) is 0. The summed E-state index contributed by atoms with van der Waals surface area (Å²) in [4.78, 5) is 0. The average Bonchev–Trinajstić information content (AvgIpc) is 2.11. The molecule has 0 spiro atoms. The first-order valence-corrected chi connectivity index (χ1v) is 6.74. The summed E-state index contributed by atoms with van der Waals surface area (Å²) in [5, 5.41) is 6.01. The third-order valence-corrected chi connectivity index (χ3v) is 5.06. The molecule has 0 fully saturated rings. The van der Waals surface area contributed by atoms with Gasteiger partial charge in [0.15, 0.2) is 0 Å². The molecule has 21 heavy (non-hydrogen) atoms. The van der Waals surface area contributed by atoms with Gasteiger partial charge in [-0.25, -0.2) is 0 Å². The standard InChI is InChI=1S/C4HF9N2O4S2/c5-2(6,7)1(14)15(20(16,17)3(8,9)10)21(18,19)4(11,12)13/h14H. The molecular weight excluding hydrogens is 375 g/mol. The molecule has 0 saturated carbocycles. The lowest BCUT2D eigenvalue weighted by molar-refractivity contribution is -0.0690. The van der Waals surface area contributed by atoms with Crippen molar-refractivity contribution in [2.75, 3.05) is 0 Å². The van der Waals surface area contributed by atoms with Crippen LogP contribution in [0.3, 0.4) is 0 Å². The van der Waals surface area contributed by atoms with E-state index in [2.05, 4.69) is 0 Å². The van der Waals surface area contributed by atoms with Crippen molar-refractivity contribution in [2.24, 2.45) is 0 Å². The molecule has 0 bridgehead atoms. The van der Waals surface area contributed by atoms with Crippen LogP contribution in [0.1, 0.15) is 0 Å². The fourth-order valence-electron chi connectivity index (χ4n) is 0.661. The molecule has 0 aliphatic rings. The van der Waals surface area contributed by atoms with Gasteiger partial charge in [0.2, 0.25) is 5.84 Å². The maximum atomic E-state index is 12.0. The number of hydrogen-bond donors (Lipinski definition) is 1. The molecule has 0 rings (SSSR count). The average molecular weight is 376 g/mol. The zero-order valence-electron chi connectivity index (χ0n) is 8.80. The predicted molar refractivity (Wildman–Crippen MR) is 45.6 cm³/mol. The molecule has 0 atom stereocenters. The molecule has 0 aliphatic carbocycles. The van der Waals surface area contributed by atoms with Crippen LogP contribution in [0.2, 0.25) is 0 Å². The van der Waals surface area contributed by atoms with Gasteiger partial charge in [0, 0.05) is 0 Å². The van der Waals surface area contributed by atoms with E-state index in [9.17, 15) is 56.3 Å². The van der Waals surface area contributed by atoms with Crippen LogP contribution in [0.5, 0.6) is 0 Å². The Morgan fingerprint density at radius 2 is 0.952 bits per heavy atom. The number of rotatable bonds is 2. The first-order valence-electron chi connectivity index (χ1n) is 3.86. The number of amidine groups is 1. The Kier molecular flexibility index (Phi) is 4.59. The quantitative estimate of drug-likeness (QED) is 0.449. The lowest BCUT2D eigenvalue weighted by Gasteiger charge is -2.26. The number of alkyl halides is 9. The van der Waals surface area contributed by atoms with E-state index in [1.54, 1.807) is 0 Å². The fraction of sp³-hybridized carbons (Fsp3) is 0.750. The Morgan fingerprint density at radius 3 is 1.10 bits per heavy atom. The van der Waals surface area contributed by atoms with Gasteiger partial charge in [-0.05, 0) is 0 Å². The van der Waals surface area contributed by atoms with Crippen LogP contribution < -0.4 is 0 Å². The molecule has 0 radical (unpaired) electrons. The zero-order chi connectivity index (χ0) is 17.7. The molecule has 17 heteroatoms. The minimum atomic E-state index is -7.68. The van der Waals surface area contributed by atoms with Crippen LogP contribution in [0.25, 0.3) is 0 Å². The Hall–Kier alpha value is -1.26. The summed E-state index contributed by atoms with van der Waals surface area (Å²) < 4.78 is 148. The highest BCUT2D eigenvalue weighted by Gasteiger charge is 2.65. The van der Waals surface area contributed by atoms with E-state index in [0.29, 0.717) is 0 Å². The highest BCUT2D eigenvalue weighted by atomic mass is 32.3. The van der Waals surface area contributed by atoms with E-state index in [1.807, 2.05) is 0 Å². The number of halogens is 9. The summed E-state index contributed by atoms with van der Waals surface area (Å²) in [5.74, 6) is -3.89. The maximum absolute atomic E-state index is 12.0. The molecule has 0 unspecified atom stereocenters. The van der Waals surface area contributed by atoms with E-state index in [1.165, 1.54) is 0 Å². The van der Waals surface area contributed by atoms with Crippen molar-refractivity contribution in [2.45, 2.75) is 17.2 Å². The maximum Gasteiger partial charge on any atom is 0.517 e. The van der Waals surface area contributed by atoms with Gasteiger partial charge >= 0.3 is 37.2 Å². The summed E-state index contributed by atoms with van der Waals surface area (Å²) in [6.45, 7) is 0. The molecular formula is C4HF9N2O4S2. The number of nitrogens with zero attached hydrogens (tertiary/aromatic N) is 1.